The topological polar surface area (TPSA) is 37.8 Å². The van der Waals surface area contributed by atoms with Crippen LogP contribution in [0.1, 0.15) is 54.6 Å². The maximum Gasteiger partial charge on any atom is 0.141 e. The first kappa shape index (κ1) is 12.8. The lowest BCUT2D eigenvalue weighted by atomic mass is 10.1. The lowest BCUT2D eigenvalue weighted by molar-refractivity contribution is 0.626. The highest BCUT2D eigenvalue weighted by molar-refractivity contribution is 7.99. The van der Waals surface area contributed by atoms with Crippen molar-refractivity contribution in [2.24, 2.45) is 0 Å². The van der Waals surface area contributed by atoms with Crippen molar-refractivity contribution in [3.8, 4) is 0 Å². The normalized spacial score (nSPS) is 22.4. The molecule has 1 fully saturated rings. The molecule has 1 aliphatic rings. The molecule has 0 aromatic carbocycles. The third-order valence-electron chi connectivity index (χ3n) is 3.40. The maximum absolute atomic E-state index is 4.69. The van der Waals surface area contributed by atoms with Crippen LogP contribution in [0.15, 0.2) is 6.20 Å². The van der Waals surface area contributed by atoms with E-state index in [1.54, 1.807) is 0 Å². The average molecular weight is 251 g/mol. The SMILES string of the molecule is CNC(C)c1cnc(C2CCCCS2)nc1C. The fourth-order valence-electron chi connectivity index (χ4n) is 2.17. The van der Waals surface area contributed by atoms with Crippen molar-refractivity contribution in [1.82, 2.24) is 15.3 Å². The van der Waals surface area contributed by atoms with Gasteiger partial charge in [-0.15, -0.1) is 0 Å². The van der Waals surface area contributed by atoms with Crippen molar-refractivity contribution in [1.29, 1.82) is 0 Å². The van der Waals surface area contributed by atoms with Crippen LogP contribution in [0.25, 0.3) is 0 Å². The third kappa shape index (κ3) is 2.99. The molecule has 4 heteroatoms. The second-order valence-electron chi connectivity index (χ2n) is 4.63. The summed E-state index contributed by atoms with van der Waals surface area (Å²) < 4.78 is 0. The van der Waals surface area contributed by atoms with Crippen molar-refractivity contribution in [2.75, 3.05) is 12.8 Å². The van der Waals surface area contributed by atoms with Gasteiger partial charge >= 0.3 is 0 Å². The molecule has 94 valence electrons. The molecule has 1 aromatic rings. The quantitative estimate of drug-likeness (QED) is 0.896. The molecule has 0 saturated carbocycles. The second kappa shape index (κ2) is 5.83. The zero-order valence-corrected chi connectivity index (χ0v) is 11.7. The van der Waals surface area contributed by atoms with Gasteiger partial charge in [0, 0.05) is 23.5 Å². The summed E-state index contributed by atoms with van der Waals surface area (Å²) in [6, 6.07) is 0.322. The Balaban J connectivity index is 2.17. The van der Waals surface area contributed by atoms with E-state index in [2.05, 4.69) is 24.1 Å². The highest BCUT2D eigenvalue weighted by atomic mass is 32.2. The molecule has 17 heavy (non-hydrogen) atoms. The predicted molar refractivity (Wildman–Crippen MR) is 73.3 cm³/mol. The summed E-state index contributed by atoms with van der Waals surface area (Å²) in [5.74, 6) is 2.28. The molecule has 2 atom stereocenters. The monoisotopic (exact) mass is 251 g/mol. The van der Waals surface area contributed by atoms with Crippen LogP contribution in [0.2, 0.25) is 0 Å². The average Bonchev–Trinajstić information content (AvgIpc) is 2.39. The third-order valence-corrected chi connectivity index (χ3v) is 4.78. The van der Waals surface area contributed by atoms with Crippen LogP contribution >= 0.6 is 11.8 Å². The molecule has 1 aromatic heterocycles. The summed E-state index contributed by atoms with van der Waals surface area (Å²) in [6.45, 7) is 4.22. The van der Waals surface area contributed by atoms with Gasteiger partial charge in [-0.2, -0.15) is 11.8 Å². The molecule has 0 aliphatic carbocycles. The Labute approximate surface area is 108 Å². The van der Waals surface area contributed by atoms with Gasteiger partial charge in [0.25, 0.3) is 0 Å². The number of hydrogen-bond donors (Lipinski definition) is 1. The Morgan fingerprint density at radius 3 is 2.88 bits per heavy atom. The first-order chi connectivity index (χ1) is 8.22. The van der Waals surface area contributed by atoms with E-state index in [1.165, 1.54) is 30.6 Å². The van der Waals surface area contributed by atoms with Crippen LogP contribution in [0.5, 0.6) is 0 Å². The fourth-order valence-corrected chi connectivity index (χ4v) is 3.43. The molecule has 0 bridgehead atoms. The minimum absolute atomic E-state index is 0.322. The van der Waals surface area contributed by atoms with E-state index in [0.717, 1.165) is 11.5 Å². The summed E-state index contributed by atoms with van der Waals surface area (Å²) in [5, 5.41) is 3.75. The Morgan fingerprint density at radius 1 is 1.47 bits per heavy atom. The van der Waals surface area contributed by atoms with Crippen molar-refractivity contribution in [2.45, 2.75) is 44.4 Å². The summed E-state index contributed by atoms with van der Waals surface area (Å²) in [5.41, 5.74) is 2.32. The van der Waals surface area contributed by atoms with Crippen LogP contribution in [0, 0.1) is 6.92 Å². The maximum atomic E-state index is 4.69. The summed E-state index contributed by atoms with van der Waals surface area (Å²) >= 11 is 2.00. The first-order valence-corrected chi connectivity index (χ1v) is 7.39. The van der Waals surface area contributed by atoms with Gasteiger partial charge in [0.15, 0.2) is 0 Å². The number of aryl methyl sites for hydroxylation is 1. The Bertz CT molecular complexity index is 375. The van der Waals surface area contributed by atoms with Gasteiger partial charge in [0.05, 0.1) is 5.25 Å². The summed E-state index contributed by atoms with van der Waals surface area (Å²) in [6.07, 6.45) is 5.88. The van der Waals surface area contributed by atoms with E-state index in [4.69, 9.17) is 4.98 Å². The predicted octanol–water partition coefficient (Wildman–Crippen LogP) is 3.02. The van der Waals surface area contributed by atoms with E-state index in [-0.39, 0.29) is 0 Å². The van der Waals surface area contributed by atoms with Gasteiger partial charge in [0.1, 0.15) is 5.82 Å². The van der Waals surface area contributed by atoms with Gasteiger partial charge in [-0.05, 0) is 39.5 Å². The smallest absolute Gasteiger partial charge is 0.141 e. The van der Waals surface area contributed by atoms with Crippen LogP contribution in [0.4, 0.5) is 0 Å². The Morgan fingerprint density at radius 2 is 2.29 bits per heavy atom. The molecule has 0 amide bonds. The van der Waals surface area contributed by atoms with Crippen molar-refractivity contribution in [3.63, 3.8) is 0 Å². The summed E-state index contributed by atoms with van der Waals surface area (Å²) in [4.78, 5) is 9.25. The van der Waals surface area contributed by atoms with Gasteiger partial charge in [0.2, 0.25) is 0 Å². The highest BCUT2D eigenvalue weighted by Gasteiger charge is 2.19. The van der Waals surface area contributed by atoms with Crippen LogP contribution in [-0.4, -0.2) is 22.8 Å². The molecular weight excluding hydrogens is 230 g/mol. The number of nitrogens with one attached hydrogen (secondary N) is 1. The van der Waals surface area contributed by atoms with Crippen LogP contribution in [0.3, 0.4) is 0 Å². The second-order valence-corrected chi connectivity index (χ2v) is 5.95. The number of rotatable bonds is 3. The number of aromatic nitrogens is 2. The van der Waals surface area contributed by atoms with Crippen LogP contribution < -0.4 is 5.32 Å². The van der Waals surface area contributed by atoms with E-state index in [9.17, 15) is 0 Å². The molecule has 2 heterocycles. The minimum Gasteiger partial charge on any atom is -0.313 e. The zero-order chi connectivity index (χ0) is 12.3. The van der Waals surface area contributed by atoms with Gasteiger partial charge in [-0.25, -0.2) is 9.97 Å². The Hall–Kier alpha value is -0.610. The van der Waals surface area contributed by atoms with E-state index < -0.39 is 0 Å². The van der Waals surface area contributed by atoms with E-state index >= 15 is 0 Å². The fraction of sp³-hybridized carbons (Fsp3) is 0.692. The molecule has 1 saturated heterocycles. The van der Waals surface area contributed by atoms with Gasteiger partial charge in [-0.3, -0.25) is 0 Å². The number of hydrogen-bond acceptors (Lipinski definition) is 4. The first-order valence-electron chi connectivity index (χ1n) is 6.34. The van der Waals surface area contributed by atoms with E-state index in [0.29, 0.717) is 11.3 Å². The van der Waals surface area contributed by atoms with E-state index in [1.807, 2.05) is 25.0 Å². The largest absolute Gasteiger partial charge is 0.313 e. The zero-order valence-electron chi connectivity index (χ0n) is 10.9. The molecule has 2 rings (SSSR count). The highest BCUT2D eigenvalue weighted by Crippen LogP contribution is 2.36. The minimum atomic E-state index is 0.322. The molecule has 0 radical (unpaired) electrons. The van der Waals surface area contributed by atoms with Crippen molar-refractivity contribution >= 4 is 11.8 Å². The molecule has 0 spiro atoms. The Kier molecular flexibility index (Phi) is 4.40. The lowest BCUT2D eigenvalue weighted by Gasteiger charge is -2.21. The molecule has 2 unspecified atom stereocenters. The molecular formula is C13H21N3S. The molecule has 1 N–H and O–H groups in total. The molecule has 3 nitrogen and oxygen atoms in total. The van der Waals surface area contributed by atoms with Crippen LogP contribution in [-0.2, 0) is 0 Å². The van der Waals surface area contributed by atoms with Crippen molar-refractivity contribution in [3.05, 3.63) is 23.3 Å². The van der Waals surface area contributed by atoms with Crippen molar-refractivity contribution < 1.29 is 0 Å². The van der Waals surface area contributed by atoms with Gasteiger partial charge < -0.3 is 5.32 Å². The summed E-state index contributed by atoms with van der Waals surface area (Å²) in [7, 11) is 1.97. The number of thioether (sulfide) groups is 1. The lowest BCUT2D eigenvalue weighted by Crippen LogP contribution is -2.16. The number of nitrogens with zero attached hydrogens (tertiary/aromatic N) is 2. The van der Waals surface area contributed by atoms with Gasteiger partial charge in [-0.1, -0.05) is 6.42 Å². The standard InChI is InChI=1S/C13H21N3S/c1-9(14-3)11-8-15-13(16-10(11)2)12-6-4-5-7-17-12/h8-9,12,14H,4-7H2,1-3H3. The molecule has 1 aliphatic heterocycles.